The fourth-order valence-electron chi connectivity index (χ4n) is 8.01. The first-order chi connectivity index (χ1) is 38.7. The lowest BCUT2D eigenvalue weighted by Gasteiger charge is -2.33. The maximum atomic E-state index is 14.1. The quantitative estimate of drug-likeness (QED) is 0.0280. The van der Waals surface area contributed by atoms with E-state index >= 15 is 0 Å². The molecule has 0 aliphatic carbocycles. The molecule has 14 atom stereocenters. The summed E-state index contributed by atoms with van der Waals surface area (Å²) in [5, 5.41) is 85.0. The van der Waals surface area contributed by atoms with Crippen molar-refractivity contribution < 1.29 is 97.8 Å². The molecule has 21 N–H and O–H groups in total. The Morgan fingerprint density at radius 1 is 0.506 bits per heavy atom. The van der Waals surface area contributed by atoms with Crippen LogP contribution in [0.5, 0.6) is 0 Å². The number of aliphatic hydroxyl groups is 5. The normalized spacial score (nSPS) is 17.7. The molecule has 1 aliphatic rings. The van der Waals surface area contributed by atoms with Crippen molar-refractivity contribution >= 4 is 82.8 Å². The van der Waals surface area contributed by atoms with Crippen molar-refractivity contribution in [3.05, 3.63) is 0 Å². The molecule has 34 heteroatoms. The third-order valence-corrected chi connectivity index (χ3v) is 13.0. The second kappa shape index (κ2) is 35.4. The number of aliphatic hydroxyl groups excluding tert-OH is 5. The molecule has 0 aromatic heterocycles. The molecule has 1 fully saturated rings. The Bertz CT molecular complexity index is 2320. The van der Waals surface area contributed by atoms with Crippen LogP contribution in [-0.4, -0.2) is 236 Å². The minimum absolute atomic E-state index is 0.0287. The zero-order valence-corrected chi connectivity index (χ0v) is 47.8. The Labute approximate surface area is 478 Å². The number of hydrogen-bond donors (Lipinski definition) is 19. The highest BCUT2D eigenvalue weighted by molar-refractivity contribution is 6.00. The molecule has 0 unspecified atom stereocenters. The fraction of sp³-hybridized carbons (Fsp3) is 0.714. The summed E-state index contributed by atoms with van der Waals surface area (Å²) in [5.74, 6) is -16.7. The number of carboxylic acid groups (broad SMARTS) is 1. The minimum atomic E-state index is -1.92. The van der Waals surface area contributed by atoms with Crippen LogP contribution in [0.1, 0.15) is 88.0 Å². The SMILES string of the molecule is CC[C@H](C)[C@H](NC(=O)[C@@H](NC(=O)[C@H](CO)NC(=O)[C@@H](NC(=O)CNC(=O)CN)C(C)C)C(C)C)C(=O)N[C@H](C(=O)N1CCC[C@H]1C(=O)NCC(=O)N[C@H](C(=O)N[C@@H](CC(N)=O)C(=O)N[C@H](C(=O)N[C@@H](CO)C(=O)O)[C@@H](C)O)[C@@H](C)O)[C@@H](C)O. The Kier molecular flexibility index (Phi) is 31.3. The molecular weight excluding hydrogens is 1100 g/mol. The molecule has 0 saturated carbocycles. The maximum absolute atomic E-state index is 14.1. The van der Waals surface area contributed by atoms with E-state index in [9.17, 15) is 92.7 Å². The Morgan fingerprint density at radius 2 is 0.904 bits per heavy atom. The molecule has 0 aromatic carbocycles. The summed E-state index contributed by atoms with van der Waals surface area (Å²) >= 11 is 0. The molecule has 0 bridgehead atoms. The summed E-state index contributed by atoms with van der Waals surface area (Å²) in [6, 6.07) is -16.3. The van der Waals surface area contributed by atoms with Gasteiger partial charge in [0.15, 0.2) is 0 Å². The number of likely N-dealkylation sites (tertiary alicyclic amines) is 1. The Hall–Kier alpha value is -7.66. The van der Waals surface area contributed by atoms with E-state index in [1.54, 1.807) is 41.5 Å². The van der Waals surface area contributed by atoms with E-state index in [-0.39, 0.29) is 32.4 Å². The highest BCUT2D eigenvalue weighted by atomic mass is 16.4. The standard InChI is InChI=1S/C49H84N14O20/c1-10-22(6)36(60-44(77)35(21(4)5)59-41(74)27(18-64)55-43(76)34(20(2)3)57-32(71)16-52-31(70)15-50)45(78)62-39(25(9)68)48(81)63-13-11-12-29(63)42(75)53-17-33(72)58-37(23(7)66)46(79)54-26(14-30(51)69)40(73)61-38(24(8)67)47(80)56-28(19-65)49(82)83/h20-29,34-39,64-68H,10-19,50H2,1-9H3,(H2,51,69)(H,52,70)(H,53,75)(H,54,79)(H,55,76)(H,56,80)(H,57,71)(H,58,72)(H,59,74)(H,60,77)(H,61,73)(H,62,78)(H,82,83)/t22-,23+,24+,25+,26-,27-,28-,29-,34-,35-,36-,37-,38-,39-/m0/s1. The molecule has 34 nitrogen and oxygen atoms in total. The van der Waals surface area contributed by atoms with Crippen LogP contribution in [0.15, 0.2) is 0 Å². The predicted molar refractivity (Wildman–Crippen MR) is 287 cm³/mol. The van der Waals surface area contributed by atoms with Gasteiger partial charge in [0, 0.05) is 6.54 Å². The maximum Gasteiger partial charge on any atom is 0.328 e. The van der Waals surface area contributed by atoms with Crippen LogP contribution < -0.4 is 70.0 Å². The largest absolute Gasteiger partial charge is 0.480 e. The van der Waals surface area contributed by atoms with Gasteiger partial charge in [0.25, 0.3) is 0 Å². The number of carbonyl (C=O) groups excluding carboxylic acids is 13. The molecule has 0 spiro atoms. The van der Waals surface area contributed by atoms with Gasteiger partial charge >= 0.3 is 5.97 Å². The van der Waals surface area contributed by atoms with Crippen LogP contribution in [0.4, 0.5) is 0 Å². The van der Waals surface area contributed by atoms with E-state index in [0.29, 0.717) is 0 Å². The lowest BCUT2D eigenvalue weighted by molar-refractivity contribution is -0.144. The van der Waals surface area contributed by atoms with Crippen LogP contribution in [0.25, 0.3) is 0 Å². The van der Waals surface area contributed by atoms with Crippen molar-refractivity contribution in [2.45, 2.75) is 167 Å². The van der Waals surface area contributed by atoms with Crippen molar-refractivity contribution in [1.82, 2.24) is 63.4 Å². The van der Waals surface area contributed by atoms with Gasteiger partial charge in [-0.3, -0.25) is 62.3 Å². The third kappa shape index (κ3) is 23.6. The predicted octanol–water partition coefficient (Wildman–Crippen LogP) is -10.0. The average molecular weight is 1190 g/mol. The number of nitrogens with two attached hydrogens (primary N) is 2. The number of carbonyl (C=O) groups is 14. The van der Waals surface area contributed by atoms with E-state index in [4.69, 9.17) is 16.6 Å². The van der Waals surface area contributed by atoms with Crippen molar-refractivity contribution in [2.75, 3.05) is 39.4 Å². The van der Waals surface area contributed by atoms with E-state index in [2.05, 4.69) is 47.9 Å². The highest BCUT2D eigenvalue weighted by Gasteiger charge is 2.42. The number of primary amides is 1. The number of carboxylic acids is 1. The number of nitrogens with one attached hydrogen (secondary N) is 11. The van der Waals surface area contributed by atoms with Gasteiger partial charge in [0.2, 0.25) is 76.8 Å². The van der Waals surface area contributed by atoms with E-state index < -0.39 is 212 Å². The van der Waals surface area contributed by atoms with Gasteiger partial charge in [-0.1, -0.05) is 48.0 Å². The number of rotatable bonds is 35. The topological polar surface area (TPSA) is 548 Å². The molecule has 1 heterocycles. The molecule has 1 aliphatic heterocycles. The van der Waals surface area contributed by atoms with E-state index in [1.165, 1.54) is 6.92 Å². The summed E-state index contributed by atoms with van der Waals surface area (Å²) in [6.07, 6.45) is -5.45. The van der Waals surface area contributed by atoms with Crippen molar-refractivity contribution in [1.29, 1.82) is 0 Å². The van der Waals surface area contributed by atoms with Crippen LogP contribution in [-0.2, 0) is 67.1 Å². The fourth-order valence-corrected chi connectivity index (χ4v) is 8.01. The molecular formula is C49H84N14O20. The molecule has 83 heavy (non-hydrogen) atoms. The highest BCUT2D eigenvalue weighted by Crippen LogP contribution is 2.20. The molecule has 0 aromatic rings. The minimum Gasteiger partial charge on any atom is -0.480 e. The number of aliphatic carboxylic acids is 1. The third-order valence-electron chi connectivity index (χ3n) is 13.0. The van der Waals surface area contributed by atoms with Crippen LogP contribution in [0.2, 0.25) is 0 Å². The molecule has 1 rings (SSSR count). The second-order valence-corrected chi connectivity index (χ2v) is 20.6. The van der Waals surface area contributed by atoms with Gasteiger partial charge < -0.3 is 105 Å². The average Bonchev–Trinajstić information content (AvgIpc) is 4.08. The summed E-state index contributed by atoms with van der Waals surface area (Å²) in [5.41, 5.74) is 10.5. The molecule has 1 saturated heterocycles. The van der Waals surface area contributed by atoms with E-state index in [0.717, 1.165) is 18.7 Å². The summed E-state index contributed by atoms with van der Waals surface area (Å²) < 4.78 is 0. The van der Waals surface area contributed by atoms with Crippen molar-refractivity contribution in [2.24, 2.45) is 29.2 Å². The number of hydrogen-bond acceptors (Lipinski definition) is 20. The van der Waals surface area contributed by atoms with Gasteiger partial charge in [-0.15, -0.1) is 0 Å². The molecule has 0 radical (unpaired) electrons. The van der Waals surface area contributed by atoms with Gasteiger partial charge in [0.05, 0.1) is 57.6 Å². The second-order valence-electron chi connectivity index (χ2n) is 20.6. The van der Waals surface area contributed by atoms with Gasteiger partial charge in [-0.2, -0.15) is 0 Å². The first kappa shape index (κ1) is 73.4. The van der Waals surface area contributed by atoms with Gasteiger partial charge in [-0.25, -0.2) is 4.79 Å². The van der Waals surface area contributed by atoms with Gasteiger partial charge in [0.1, 0.15) is 60.4 Å². The lowest BCUT2D eigenvalue weighted by Crippen LogP contribution is -2.63. The van der Waals surface area contributed by atoms with Crippen LogP contribution >= 0.6 is 0 Å². The van der Waals surface area contributed by atoms with Crippen molar-refractivity contribution in [3.8, 4) is 0 Å². The summed E-state index contributed by atoms with van der Waals surface area (Å²) in [7, 11) is 0. The van der Waals surface area contributed by atoms with Gasteiger partial charge in [-0.05, 0) is 51.4 Å². The zero-order valence-electron chi connectivity index (χ0n) is 47.8. The first-order valence-corrected chi connectivity index (χ1v) is 26.7. The first-order valence-electron chi connectivity index (χ1n) is 26.7. The molecule has 13 amide bonds. The monoisotopic (exact) mass is 1190 g/mol. The zero-order chi connectivity index (χ0) is 63.7. The smallest absolute Gasteiger partial charge is 0.328 e. The molecule has 470 valence electrons. The van der Waals surface area contributed by atoms with Crippen LogP contribution in [0.3, 0.4) is 0 Å². The van der Waals surface area contributed by atoms with E-state index in [1.807, 2.05) is 10.6 Å². The number of nitrogens with zero attached hydrogens (tertiary/aromatic N) is 1. The summed E-state index contributed by atoms with van der Waals surface area (Å²) in [4.78, 5) is 183. The van der Waals surface area contributed by atoms with Crippen LogP contribution in [0, 0.1) is 17.8 Å². The Balaban J connectivity index is 3.19. The van der Waals surface area contributed by atoms with Crippen molar-refractivity contribution in [3.63, 3.8) is 0 Å². The number of amides is 13. The Morgan fingerprint density at radius 3 is 1.37 bits per heavy atom. The lowest BCUT2D eigenvalue weighted by atomic mass is 9.95. The summed E-state index contributed by atoms with van der Waals surface area (Å²) in [6.45, 7) is 8.94.